The minimum absolute atomic E-state index is 0.131. The topological polar surface area (TPSA) is 48.4 Å². The van der Waals surface area contributed by atoms with Crippen molar-refractivity contribution in [1.29, 1.82) is 0 Å². The summed E-state index contributed by atoms with van der Waals surface area (Å²) in [6, 6.07) is 7.37. The van der Waals surface area contributed by atoms with Crippen molar-refractivity contribution in [1.82, 2.24) is 0 Å². The van der Waals surface area contributed by atoms with Crippen LogP contribution in [0.3, 0.4) is 0 Å². The Balaban J connectivity index is 2.01. The largest absolute Gasteiger partial charge is 0.459 e. The number of furan rings is 1. The fourth-order valence-electron chi connectivity index (χ4n) is 1.82. The van der Waals surface area contributed by atoms with Crippen molar-refractivity contribution in [2.45, 2.75) is 25.8 Å². The third-order valence-electron chi connectivity index (χ3n) is 2.78. The Morgan fingerprint density at radius 3 is 2.94 bits per heavy atom. The summed E-state index contributed by atoms with van der Waals surface area (Å²) < 4.78 is 11.1. The molecule has 1 atom stereocenters. The third-order valence-corrected chi connectivity index (χ3v) is 3.02. The van der Waals surface area contributed by atoms with Crippen LogP contribution in [0.1, 0.15) is 31.6 Å². The molecular formula is C14H18ClNO2. The van der Waals surface area contributed by atoms with Gasteiger partial charge in [0, 0.05) is 23.6 Å². The van der Waals surface area contributed by atoms with Gasteiger partial charge in [-0.25, -0.2) is 0 Å². The van der Waals surface area contributed by atoms with Gasteiger partial charge in [0.2, 0.25) is 0 Å². The summed E-state index contributed by atoms with van der Waals surface area (Å²) in [5, 5.41) is 1.69. The normalized spacial score (nSPS) is 13.1. The van der Waals surface area contributed by atoms with Gasteiger partial charge >= 0.3 is 0 Å². The highest BCUT2D eigenvalue weighted by atomic mass is 35.5. The molecule has 1 aromatic heterocycles. The monoisotopic (exact) mass is 267 g/mol. The second-order valence-electron chi connectivity index (χ2n) is 4.34. The molecule has 1 unspecified atom stereocenters. The van der Waals surface area contributed by atoms with Crippen LogP contribution in [0.2, 0.25) is 5.02 Å². The first-order valence-electron chi connectivity index (χ1n) is 6.23. The van der Waals surface area contributed by atoms with E-state index in [1.54, 1.807) is 0 Å². The Bertz CT molecular complexity index is 509. The average molecular weight is 268 g/mol. The zero-order valence-corrected chi connectivity index (χ0v) is 11.2. The van der Waals surface area contributed by atoms with Gasteiger partial charge < -0.3 is 14.9 Å². The first kappa shape index (κ1) is 13.4. The van der Waals surface area contributed by atoms with Crippen LogP contribution in [0.15, 0.2) is 28.7 Å². The molecule has 0 radical (unpaired) electrons. The van der Waals surface area contributed by atoms with Crippen LogP contribution >= 0.6 is 11.6 Å². The van der Waals surface area contributed by atoms with E-state index in [0.29, 0.717) is 11.6 Å². The molecule has 0 aliphatic rings. The van der Waals surface area contributed by atoms with E-state index < -0.39 is 0 Å². The first-order valence-corrected chi connectivity index (χ1v) is 6.61. The summed E-state index contributed by atoms with van der Waals surface area (Å²) >= 11 is 5.93. The lowest BCUT2D eigenvalue weighted by Gasteiger charge is -2.08. The van der Waals surface area contributed by atoms with E-state index in [-0.39, 0.29) is 6.04 Å². The lowest BCUT2D eigenvalue weighted by atomic mass is 10.1. The van der Waals surface area contributed by atoms with Gasteiger partial charge in [0.15, 0.2) is 0 Å². The van der Waals surface area contributed by atoms with E-state index in [0.717, 1.165) is 36.2 Å². The molecule has 2 N–H and O–H groups in total. The summed E-state index contributed by atoms with van der Waals surface area (Å²) in [6.45, 7) is 3.53. The number of rotatable bonds is 6. The van der Waals surface area contributed by atoms with Crippen LogP contribution in [-0.4, -0.2) is 13.2 Å². The van der Waals surface area contributed by atoms with E-state index in [9.17, 15) is 0 Å². The number of hydrogen-bond acceptors (Lipinski definition) is 3. The van der Waals surface area contributed by atoms with Crippen LogP contribution in [0.4, 0.5) is 0 Å². The molecule has 0 amide bonds. The molecular weight excluding hydrogens is 250 g/mol. The summed E-state index contributed by atoms with van der Waals surface area (Å²) in [4.78, 5) is 0. The van der Waals surface area contributed by atoms with Gasteiger partial charge in [-0.2, -0.15) is 0 Å². The van der Waals surface area contributed by atoms with E-state index in [4.69, 9.17) is 26.5 Å². The fraction of sp³-hybridized carbons (Fsp3) is 0.429. The second-order valence-corrected chi connectivity index (χ2v) is 4.77. The van der Waals surface area contributed by atoms with Crippen LogP contribution in [0, 0.1) is 0 Å². The molecule has 0 aliphatic carbocycles. The molecule has 0 saturated carbocycles. The molecule has 0 saturated heterocycles. The Labute approximate surface area is 112 Å². The van der Waals surface area contributed by atoms with Gasteiger partial charge in [0.1, 0.15) is 11.3 Å². The number of benzene rings is 1. The number of ether oxygens (including phenoxy) is 1. The Hall–Kier alpha value is -1.03. The minimum atomic E-state index is -0.131. The summed E-state index contributed by atoms with van der Waals surface area (Å²) in [6.07, 6.45) is 1.78. The summed E-state index contributed by atoms with van der Waals surface area (Å²) in [5.74, 6) is 0.785. The molecule has 2 aromatic rings. The van der Waals surface area contributed by atoms with Gasteiger partial charge in [0.25, 0.3) is 0 Å². The third kappa shape index (κ3) is 3.25. The maximum atomic E-state index is 6.07. The number of halogens is 1. The molecule has 2 rings (SSSR count). The van der Waals surface area contributed by atoms with Gasteiger partial charge in [-0.1, -0.05) is 18.5 Å². The van der Waals surface area contributed by atoms with Gasteiger partial charge in [0.05, 0.1) is 6.04 Å². The van der Waals surface area contributed by atoms with Crippen molar-refractivity contribution in [2.24, 2.45) is 5.73 Å². The Kier molecular flexibility index (Phi) is 4.64. The molecule has 0 spiro atoms. The smallest absolute Gasteiger partial charge is 0.134 e. The van der Waals surface area contributed by atoms with Crippen LogP contribution in [0.25, 0.3) is 11.0 Å². The zero-order valence-electron chi connectivity index (χ0n) is 10.5. The highest BCUT2D eigenvalue weighted by Crippen LogP contribution is 2.26. The molecule has 0 fully saturated rings. The molecule has 18 heavy (non-hydrogen) atoms. The molecule has 4 heteroatoms. The Morgan fingerprint density at radius 2 is 2.17 bits per heavy atom. The zero-order chi connectivity index (χ0) is 13.0. The van der Waals surface area contributed by atoms with Gasteiger partial charge in [-0.05, 0) is 37.1 Å². The first-order chi connectivity index (χ1) is 8.70. The van der Waals surface area contributed by atoms with Crippen LogP contribution < -0.4 is 5.73 Å². The van der Waals surface area contributed by atoms with E-state index in [2.05, 4.69) is 6.92 Å². The lowest BCUT2D eigenvalue weighted by molar-refractivity contribution is 0.126. The standard InChI is InChI=1S/C14H18ClNO2/c1-2-6-17-7-5-12(16)14-9-10-8-11(15)3-4-13(10)18-14/h3-4,8-9,12H,2,5-7,16H2,1H3. The van der Waals surface area contributed by atoms with Crippen molar-refractivity contribution in [3.63, 3.8) is 0 Å². The Morgan fingerprint density at radius 1 is 1.33 bits per heavy atom. The summed E-state index contributed by atoms with van der Waals surface area (Å²) in [5.41, 5.74) is 6.89. The van der Waals surface area contributed by atoms with Gasteiger partial charge in [-0.3, -0.25) is 0 Å². The molecule has 98 valence electrons. The maximum Gasteiger partial charge on any atom is 0.134 e. The maximum absolute atomic E-state index is 6.07. The molecule has 0 bridgehead atoms. The molecule has 1 aromatic carbocycles. The minimum Gasteiger partial charge on any atom is -0.459 e. The highest BCUT2D eigenvalue weighted by Gasteiger charge is 2.12. The number of nitrogens with two attached hydrogens (primary N) is 1. The average Bonchev–Trinajstić information content (AvgIpc) is 2.77. The number of fused-ring (bicyclic) bond motifs is 1. The fourth-order valence-corrected chi connectivity index (χ4v) is 2.00. The van der Waals surface area contributed by atoms with Crippen molar-refractivity contribution in [3.05, 3.63) is 35.0 Å². The number of hydrogen-bond donors (Lipinski definition) is 1. The van der Waals surface area contributed by atoms with Crippen molar-refractivity contribution < 1.29 is 9.15 Å². The van der Waals surface area contributed by atoms with E-state index >= 15 is 0 Å². The molecule has 0 aliphatic heterocycles. The van der Waals surface area contributed by atoms with Crippen LogP contribution in [-0.2, 0) is 4.74 Å². The molecule has 3 nitrogen and oxygen atoms in total. The summed E-state index contributed by atoms with van der Waals surface area (Å²) in [7, 11) is 0. The predicted molar refractivity (Wildman–Crippen MR) is 73.9 cm³/mol. The predicted octanol–water partition coefficient (Wildman–Crippen LogP) is 3.90. The van der Waals surface area contributed by atoms with Gasteiger partial charge in [-0.15, -0.1) is 0 Å². The van der Waals surface area contributed by atoms with Crippen molar-refractivity contribution in [2.75, 3.05) is 13.2 Å². The van der Waals surface area contributed by atoms with Crippen LogP contribution in [0.5, 0.6) is 0 Å². The van der Waals surface area contributed by atoms with Crippen molar-refractivity contribution in [3.8, 4) is 0 Å². The van der Waals surface area contributed by atoms with E-state index in [1.165, 1.54) is 0 Å². The molecule has 1 heterocycles. The second kappa shape index (κ2) is 6.23. The van der Waals surface area contributed by atoms with Crippen molar-refractivity contribution >= 4 is 22.6 Å². The lowest BCUT2D eigenvalue weighted by Crippen LogP contribution is -2.12. The highest BCUT2D eigenvalue weighted by molar-refractivity contribution is 6.31. The quantitative estimate of drug-likeness (QED) is 0.808. The SMILES string of the molecule is CCCOCCC(N)c1cc2cc(Cl)ccc2o1. The van der Waals surface area contributed by atoms with E-state index in [1.807, 2.05) is 24.3 Å².